The van der Waals surface area contributed by atoms with E-state index in [1.807, 2.05) is 18.2 Å². The van der Waals surface area contributed by atoms with Gasteiger partial charge in [-0.25, -0.2) is 4.79 Å². The van der Waals surface area contributed by atoms with Crippen LogP contribution in [0.25, 0.3) is 11.0 Å². The molecular formula is C22H27N3O5. The Bertz CT molecular complexity index is 1060. The molecule has 2 amide bonds. The number of imide groups is 1. The second kappa shape index (κ2) is 8.08. The molecule has 2 aliphatic rings. The van der Waals surface area contributed by atoms with Gasteiger partial charge < -0.3 is 5.11 Å². The molecule has 30 heavy (non-hydrogen) atoms. The number of carbonyl (C=O) groups excluding carboxylic acids is 2. The number of piperidine rings is 1. The number of aryl methyl sites for hydroxylation is 1. The average molecular weight is 413 g/mol. The van der Waals surface area contributed by atoms with Gasteiger partial charge in [-0.1, -0.05) is 6.07 Å². The van der Waals surface area contributed by atoms with Crippen LogP contribution in [0.5, 0.6) is 0 Å². The first-order valence-electron chi connectivity index (χ1n) is 10.6. The van der Waals surface area contributed by atoms with Gasteiger partial charge in [-0.2, -0.15) is 0 Å². The largest absolute Gasteiger partial charge is 0.481 e. The van der Waals surface area contributed by atoms with Crippen LogP contribution in [0.4, 0.5) is 0 Å². The second-order valence-electron chi connectivity index (χ2n) is 8.69. The minimum absolute atomic E-state index is 0.224. The van der Waals surface area contributed by atoms with Crippen LogP contribution in [-0.4, -0.2) is 32.0 Å². The Kier molecular flexibility index (Phi) is 5.49. The Morgan fingerprint density at radius 3 is 2.43 bits per heavy atom. The first-order chi connectivity index (χ1) is 14.3. The molecule has 1 aromatic carbocycles. The van der Waals surface area contributed by atoms with E-state index in [-0.39, 0.29) is 30.4 Å². The molecule has 8 nitrogen and oxygen atoms in total. The highest BCUT2D eigenvalue weighted by Gasteiger charge is 2.31. The van der Waals surface area contributed by atoms with Crippen LogP contribution in [0.3, 0.4) is 0 Å². The predicted octanol–water partition coefficient (Wildman–Crippen LogP) is 2.14. The number of aliphatic carboxylic acids is 1. The van der Waals surface area contributed by atoms with Gasteiger partial charge in [0.05, 0.1) is 11.0 Å². The van der Waals surface area contributed by atoms with E-state index in [9.17, 15) is 19.2 Å². The number of rotatable bonds is 5. The molecule has 160 valence electrons. The molecule has 0 spiro atoms. The van der Waals surface area contributed by atoms with E-state index in [4.69, 9.17) is 5.11 Å². The molecule has 4 rings (SSSR count). The second-order valence-corrected chi connectivity index (χ2v) is 8.69. The van der Waals surface area contributed by atoms with Gasteiger partial charge in [0.25, 0.3) is 0 Å². The Hall–Kier alpha value is -2.90. The average Bonchev–Trinajstić information content (AvgIpc) is 2.94. The maximum absolute atomic E-state index is 12.9. The monoisotopic (exact) mass is 413 g/mol. The van der Waals surface area contributed by atoms with Crippen molar-refractivity contribution in [2.24, 2.45) is 18.9 Å². The summed E-state index contributed by atoms with van der Waals surface area (Å²) >= 11 is 0. The third kappa shape index (κ3) is 3.91. The summed E-state index contributed by atoms with van der Waals surface area (Å²) in [6.07, 6.45) is 5.64. The van der Waals surface area contributed by atoms with E-state index in [1.165, 1.54) is 4.57 Å². The van der Waals surface area contributed by atoms with Gasteiger partial charge in [0.15, 0.2) is 0 Å². The highest BCUT2D eigenvalue weighted by molar-refractivity contribution is 6.00. The maximum Gasteiger partial charge on any atom is 0.329 e. The van der Waals surface area contributed by atoms with Crippen molar-refractivity contribution in [3.05, 3.63) is 34.2 Å². The van der Waals surface area contributed by atoms with Gasteiger partial charge >= 0.3 is 11.7 Å². The summed E-state index contributed by atoms with van der Waals surface area (Å²) in [5.74, 6) is -0.648. The molecule has 1 aromatic heterocycles. The first kappa shape index (κ1) is 20.4. The van der Waals surface area contributed by atoms with Crippen LogP contribution in [0.2, 0.25) is 0 Å². The number of hydrogen-bond acceptors (Lipinski definition) is 4. The number of carbonyl (C=O) groups is 3. The normalized spacial score (nSPS) is 24.8. The number of benzene rings is 1. The number of carboxylic acid groups (broad SMARTS) is 1. The molecule has 1 aliphatic heterocycles. The predicted molar refractivity (Wildman–Crippen MR) is 110 cm³/mol. The zero-order chi connectivity index (χ0) is 21.4. The summed E-state index contributed by atoms with van der Waals surface area (Å²) in [6, 6.07) is 5.25. The smallest absolute Gasteiger partial charge is 0.329 e. The summed E-state index contributed by atoms with van der Waals surface area (Å²) in [6.45, 7) is 0. The van der Waals surface area contributed by atoms with E-state index in [0.717, 1.165) is 43.2 Å². The third-order valence-corrected chi connectivity index (χ3v) is 6.63. The van der Waals surface area contributed by atoms with Crippen molar-refractivity contribution in [1.82, 2.24) is 14.5 Å². The summed E-state index contributed by atoms with van der Waals surface area (Å²) in [5, 5.41) is 11.3. The van der Waals surface area contributed by atoms with Crippen LogP contribution in [0.1, 0.15) is 56.6 Å². The van der Waals surface area contributed by atoms with Crippen molar-refractivity contribution in [1.29, 1.82) is 0 Å². The van der Waals surface area contributed by atoms with E-state index in [2.05, 4.69) is 5.32 Å². The van der Waals surface area contributed by atoms with Gasteiger partial charge in [0.2, 0.25) is 11.8 Å². The molecule has 0 bridgehead atoms. The Morgan fingerprint density at radius 1 is 1.07 bits per heavy atom. The van der Waals surface area contributed by atoms with Gasteiger partial charge in [-0.05, 0) is 68.1 Å². The third-order valence-electron chi connectivity index (χ3n) is 6.63. The van der Waals surface area contributed by atoms with E-state index in [0.29, 0.717) is 17.9 Å². The molecule has 1 saturated heterocycles. The van der Waals surface area contributed by atoms with E-state index in [1.54, 1.807) is 11.6 Å². The highest BCUT2D eigenvalue weighted by Crippen LogP contribution is 2.33. The summed E-state index contributed by atoms with van der Waals surface area (Å²) < 4.78 is 3.06. The molecule has 0 radical (unpaired) electrons. The number of amides is 2. The number of hydrogen-bond donors (Lipinski definition) is 2. The fourth-order valence-electron chi connectivity index (χ4n) is 4.99. The summed E-state index contributed by atoms with van der Waals surface area (Å²) in [7, 11) is 1.70. The number of nitrogens with one attached hydrogen (secondary N) is 1. The van der Waals surface area contributed by atoms with Crippen molar-refractivity contribution in [3.8, 4) is 0 Å². The molecule has 1 saturated carbocycles. The Morgan fingerprint density at radius 2 is 1.77 bits per heavy atom. The molecule has 1 atom stereocenters. The van der Waals surface area contributed by atoms with E-state index < -0.39 is 17.9 Å². The van der Waals surface area contributed by atoms with Crippen molar-refractivity contribution in [3.63, 3.8) is 0 Å². The summed E-state index contributed by atoms with van der Waals surface area (Å²) in [5.41, 5.74) is 2.36. The minimum atomic E-state index is -0.717. The number of aromatic nitrogens is 2. The fraction of sp³-hybridized carbons (Fsp3) is 0.545. The maximum atomic E-state index is 12.9. The first-order valence-corrected chi connectivity index (χ1v) is 10.6. The molecule has 2 heterocycles. The number of carboxylic acids is 1. The van der Waals surface area contributed by atoms with Gasteiger partial charge in [-0.15, -0.1) is 0 Å². The lowest BCUT2D eigenvalue weighted by Crippen LogP contribution is -2.44. The molecule has 2 aromatic rings. The van der Waals surface area contributed by atoms with E-state index >= 15 is 0 Å². The van der Waals surface area contributed by atoms with Crippen LogP contribution < -0.4 is 11.0 Å². The lowest BCUT2D eigenvalue weighted by atomic mass is 9.78. The fourth-order valence-corrected chi connectivity index (χ4v) is 4.99. The summed E-state index contributed by atoms with van der Waals surface area (Å²) in [4.78, 5) is 47.5. The molecule has 2 N–H and O–H groups in total. The Labute approximate surface area is 173 Å². The lowest BCUT2D eigenvalue weighted by Gasteiger charge is -2.27. The lowest BCUT2D eigenvalue weighted by molar-refractivity contribution is -0.138. The van der Waals surface area contributed by atoms with Crippen LogP contribution >= 0.6 is 0 Å². The van der Waals surface area contributed by atoms with Gasteiger partial charge in [0, 0.05) is 19.9 Å². The number of fused-ring (bicyclic) bond motifs is 1. The molecule has 2 fully saturated rings. The topological polar surface area (TPSA) is 110 Å². The number of imidazole rings is 1. The van der Waals surface area contributed by atoms with Gasteiger partial charge in [0.1, 0.15) is 6.04 Å². The van der Waals surface area contributed by atoms with Crippen LogP contribution in [0.15, 0.2) is 23.0 Å². The quantitative estimate of drug-likeness (QED) is 0.730. The van der Waals surface area contributed by atoms with Crippen molar-refractivity contribution in [2.45, 2.75) is 57.4 Å². The molecular weight excluding hydrogens is 386 g/mol. The highest BCUT2D eigenvalue weighted by atomic mass is 16.4. The van der Waals surface area contributed by atoms with Crippen LogP contribution in [-0.2, 0) is 27.9 Å². The zero-order valence-corrected chi connectivity index (χ0v) is 17.1. The number of nitrogens with zero attached hydrogens (tertiary/aromatic N) is 2. The standard InChI is InChI=1S/C22H27N3O5/c1-24-18-11-15(10-13-2-4-14(5-3-13)12-20(27)28)6-7-16(18)25(22(24)30)17-8-9-19(26)23-21(17)29/h6-7,11,13-14,17H,2-5,8-10,12H2,1H3,(H,27,28)(H,23,26,29). The van der Waals surface area contributed by atoms with Crippen molar-refractivity contribution >= 4 is 28.8 Å². The van der Waals surface area contributed by atoms with Crippen molar-refractivity contribution in [2.75, 3.05) is 0 Å². The van der Waals surface area contributed by atoms with Crippen LogP contribution in [0, 0.1) is 11.8 Å². The zero-order valence-electron chi connectivity index (χ0n) is 17.1. The minimum Gasteiger partial charge on any atom is -0.481 e. The van der Waals surface area contributed by atoms with Gasteiger partial charge in [-0.3, -0.25) is 28.8 Å². The Balaban J connectivity index is 1.54. The van der Waals surface area contributed by atoms with Crippen molar-refractivity contribution < 1.29 is 19.5 Å². The molecule has 1 aliphatic carbocycles. The SMILES string of the molecule is Cn1c(=O)n(C2CCC(=O)NC2=O)c2ccc(CC3CCC(CC(=O)O)CC3)cc21. The molecule has 8 heteroatoms. The molecule has 1 unspecified atom stereocenters.